The molecule has 0 aromatic heterocycles. The maximum absolute atomic E-state index is 10.5. The lowest BCUT2D eigenvalue weighted by atomic mass is 9.87. The first-order valence-corrected chi connectivity index (χ1v) is 3.75. The van der Waals surface area contributed by atoms with E-state index < -0.39 is 24.1 Å². The van der Waals surface area contributed by atoms with Crippen molar-refractivity contribution in [3.8, 4) is 0 Å². The highest BCUT2D eigenvalue weighted by Gasteiger charge is 2.50. The number of hydrogen-bond acceptors (Lipinski definition) is 3. The zero-order valence-electron chi connectivity index (χ0n) is 5.93. The molecule has 2 saturated heterocycles. The minimum atomic E-state index is -0.851. The lowest BCUT2D eigenvalue weighted by Crippen LogP contribution is -2.34. The van der Waals surface area contributed by atoms with Gasteiger partial charge in [-0.1, -0.05) is 0 Å². The standard InChI is InChI=1S/C7H10O4/c8-5-2-3-1-4(7(9)10)6(5)11-3/h3-6,8H,1-2H2,(H,9,10)/t3-,4?,5?,6+/m0/s1. The Morgan fingerprint density at radius 2 is 2.18 bits per heavy atom. The van der Waals surface area contributed by atoms with Gasteiger partial charge in [-0.2, -0.15) is 0 Å². The third kappa shape index (κ3) is 0.937. The number of rotatable bonds is 1. The number of ether oxygens (including phenoxy) is 1. The number of carbonyl (C=O) groups is 1. The maximum Gasteiger partial charge on any atom is 0.309 e. The van der Waals surface area contributed by atoms with Crippen molar-refractivity contribution in [2.75, 3.05) is 0 Å². The van der Waals surface area contributed by atoms with Gasteiger partial charge in [0.15, 0.2) is 0 Å². The summed E-state index contributed by atoms with van der Waals surface area (Å²) >= 11 is 0. The number of aliphatic carboxylic acids is 1. The molecule has 4 atom stereocenters. The molecule has 62 valence electrons. The summed E-state index contributed by atoms with van der Waals surface area (Å²) in [6.07, 6.45) is 0.148. The Bertz CT molecular complexity index is 191. The van der Waals surface area contributed by atoms with Crippen molar-refractivity contribution in [2.24, 2.45) is 5.92 Å². The van der Waals surface area contributed by atoms with Crippen LogP contribution in [0.2, 0.25) is 0 Å². The number of aliphatic hydroxyl groups is 1. The fraction of sp³-hybridized carbons (Fsp3) is 0.857. The van der Waals surface area contributed by atoms with E-state index >= 15 is 0 Å². The Morgan fingerprint density at radius 1 is 1.45 bits per heavy atom. The van der Waals surface area contributed by atoms with Crippen LogP contribution in [0.3, 0.4) is 0 Å². The molecule has 2 fully saturated rings. The summed E-state index contributed by atoms with van der Waals surface area (Å²) in [7, 11) is 0. The van der Waals surface area contributed by atoms with Gasteiger partial charge in [0.05, 0.1) is 24.2 Å². The molecule has 4 nitrogen and oxygen atoms in total. The van der Waals surface area contributed by atoms with Gasteiger partial charge in [0, 0.05) is 6.42 Å². The van der Waals surface area contributed by atoms with E-state index in [0.717, 1.165) is 0 Å². The molecule has 2 aliphatic heterocycles. The zero-order valence-corrected chi connectivity index (χ0v) is 5.93. The monoisotopic (exact) mass is 158 g/mol. The quantitative estimate of drug-likeness (QED) is 0.545. The second-order valence-corrected chi connectivity index (χ2v) is 3.21. The molecule has 0 aromatic rings. The van der Waals surface area contributed by atoms with Gasteiger partial charge in [-0.05, 0) is 6.42 Å². The first-order valence-electron chi connectivity index (χ1n) is 3.75. The molecule has 0 aliphatic carbocycles. The number of fused-ring (bicyclic) bond motifs is 2. The highest BCUT2D eigenvalue weighted by molar-refractivity contribution is 5.71. The van der Waals surface area contributed by atoms with Crippen LogP contribution in [-0.4, -0.2) is 34.5 Å². The Balaban J connectivity index is 2.12. The highest BCUT2D eigenvalue weighted by Crippen LogP contribution is 2.38. The smallest absolute Gasteiger partial charge is 0.309 e. The van der Waals surface area contributed by atoms with Gasteiger partial charge in [0.25, 0.3) is 0 Å². The number of carboxylic acid groups (broad SMARTS) is 1. The van der Waals surface area contributed by atoms with Crippen LogP contribution in [0.5, 0.6) is 0 Å². The molecule has 2 bridgehead atoms. The van der Waals surface area contributed by atoms with E-state index in [1.165, 1.54) is 0 Å². The lowest BCUT2D eigenvalue weighted by Gasteiger charge is -2.18. The molecule has 0 saturated carbocycles. The van der Waals surface area contributed by atoms with Crippen molar-refractivity contribution < 1.29 is 19.7 Å². The Labute approximate surface area is 63.8 Å². The van der Waals surface area contributed by atoms with E-state index in [2.05, 4.69) is 0 Å². The second-order valence-electron chi connectivity index (χ2n) is 3.21. The van der Waals surface area contributed by atoms with Gasteiger partial charge in [0.2, 0.25) is 0 Å². The van der Waals surface area contributed by atoms with E-state index in [4.69, 9.17) is 9.84 Å². The van der Waals surface area contributed by atoms with Gasteiger partial charge in [-0.15, -0.1) is 0 Å². The van der Waals surface area contributed by atoms with Crippen molar-refractivity contribution in [1.82, 2.24) is 0 Å². The highest BCUT2D eigenvalue weighted by atomic mass is 16.5. The predicted octanol–water partition coefficient (Wildman–Crippen LogP) is -0.391. The number of hydrogen-bond donors (Lipinski definition) is 2. The Kier molecular flexibility index (Phi) is 1.40. The van der Waals surface area contributed by atoms with E-state index in [1.54, 1.807) is 0 Å². The van der Waals surface area contributed by atoms with Gasteiger partial charge in [-0.25, -0.2) is 0 Å². The van der Waals surface area contributed by atoms with Gasteiger partial charge in [0.1, 0.15) is 0 Å². The predicted molar refractivity (Wildman–Crippen MR) is 35.0 cm³/mol. The maximum atomic E-state index is 10.5. The SMILES string of the molecule is O=C(O)C1C[C@H]2CC(O)[C@@H]1O2. The van der Waals surface area contributed by atoms with Crippen LogP contribution in [0.25, 0.3) is 0 Å². The van der Waals surface area contributed by atoms with Crippen molar-refractivity contribution in [3.05, 3.63) is 0 Å². The van der Waals surface area contributed by atoms with Crippen molar-refractivity contribution in [3.63, 3.8) is 0 Å². The second kappa shape index (κ2) is 2.19. The number of aliphatic hydroxyl groups excluding tert-OH is 1. The molecule has 0 aromatic carbocycles. The van der Waals surface area contributed by atoms with Gasteiger partial charge in [-0.3, -0.25) is 4.79 Å². The molecule has 0 radical (unpaired) electrons. The summed E-state index contributed by atoms with van der Waals surface area (Å²) < 4.78 is 5.23. The molecular weight excluding hydrogens is 148 g/mol. The van der Waals surface area contributed by atoms with Crippen LogP contribution >= 0.6 is 0 Å². The van der Waals surface area contributed by atoms with Crippen LogP contribution < -0.4 is 0 Å². The third-order valence-corrected chi connectivity index (χ3v) is 2.46. The van der Waals surface area contributed by atoms with Gasteiger partial charge < -0.3 is 14.9 Å². The normalized spacial score (nSPS) is 48.1. The molecular formula is C7H10O4. The zero-order chi connectivity index (χ0) is 8.01. The fourth-order valence-corrected chi connectivity index (χ4v) is 1.95. The molecule has 2 heterocycles. The summed E-state index contributed by atoms with van der Waals surface area (Å²) in [6, 6.07) is 0. The summed E-state index contributed by atoms with van der Waals surface area (Å²) in [5.41, 5.74) is 0. The largest absolute Gasteiger partial charge is 0.481 e. The summed E-state index contributed by atoms with van der Waals surface area (Å²) in [5.74, 6) is -1.33. The van der Waals surface area contributed by atoms with E-state index in [9.17, 15) is 9.90 Å². The van der Waals surface area contributed by atoms with Crippen LogP contribution in [0.1, 0.15) is 12.8 Å². The van der Waals surface area contributed by atoms with Crippen LogP contribution in [0.15, 0.2) is 0 Å². The first-order chi connectivity index (χ1) is 5.18. The molecule has 4 heteroatoms. The van der Waals surface area contributed by atoms with Crippen LogP contribution in [0, 0.1) is 5.92 Å². The van der Waals surface area contributed by atoms with E-state index in [0.29, 0.717) is 12.8 Å². The Morgan fingerprint density at radius 3 is 2.55 bits per heavy atom. The first kappa shape index (κ1) is 7.06. The third-order valence-electron chi connectivity index (χ3n) is 2.46. The van der Waals surface area contributed by atoms with Crippen LogP contribution in [-0.2, 0) is 9.53 Å². The lowest BCUT2D eigenvalue weighted by molar-refractivity contribution is -0.145. The molecule has 11 heavy (non-hydrogen) atoms. The molecule has 0 spiro atoms. The molecule has 0 amide bonds. The molecule has 2 aliphatic rings. The van der Waals surface area contributed by atoms with E-state index in [-0.39, 0.29) is 6.10 Å². The minimum absolute atomic E-state index is 0.0175. The van der Waals surface area contributed by atoms with Crippen molar-refractivity contribution in [2.45, 2.75) is 31.2 Å². The topological polar surface area (TPSA) is 66.8 Å². The fourth-order valence-electron chi connectivity index (χ4n) is 1.95. The van der Waals surface area contributed by atoms with Crippen molar-refractivity contribution >= 4 is 5.97 Å². The average molecular weight is 158 g/mol. The minimum Gasteiger partial charge on any atom is -0.481 e. The Hall–Kier alpha value is -0.610. The van der Waals surface area contributed by atoms with E-state index in [1.807, 2.05) is 0 Å². The summed E-state index contributed by atoms with van der Waals surface area (Å²) in [4.78, 5) is 10.5. The summed E-state index contributed by atoms with van der Waals surface area (Å²) in [5, 5.41) is 17.9. The van der Waals surface area contributed by atoms with Gasteiger partial charge >= 0.3 is 5.97 Å². The average Bonchev–Trinajstić information content (AvgIpc) is 2.43. The summed E-state index contributed by atoms with van der Waals surface area (Å²) in [6.45, 7) is 0. The molecule has 2 N–H and O–H groups in total. The van der Waals surface area contributed by atoms with Crippen molar-refractivity contribution in [1.29, 1.82) is 0 Å². The van der Waals surface area contributed by atoms with Crippen LogP contribution in [0.4, 0.5) is 0 Å². The number of carboxylic acids is 1. The molecule has 2 unspecified atom stereocenters. The molecule has 2 rings (SSSR count).